The molecule has 2 rings (SSSR count). The van der Waals surface area contributed by atoms with Crippen molar-refractivity contribution < 1.29 is 14.3 Å². The molecule has 20 heavy (non-hydrogen) atoms. The number of aromatic nitrogens is 1. The Morgan fingerprint density at radius 2 is 2.00 bits per heavy atom. The van der Waals surface area contributed by atoms with Crippen LogP contribution in [0.5, 0.6) is 11.6 Å². The molecule has 0 saturated carbocycles. The Hall–Kier alpha value is -2.76. The number of methoxy groups -OCH3 is 2. The first-order valence-electron chi connectivity index (χ1n) is 5.89. The summed E-state index contributed by atoms with van der Waals surface area (Å²) in [5.41, 5.74) is 7.07. The number of carbonyl (C=O) groups excluding carboxylic acids is 1. The number of nitrogen functional groups attached to an aromatic ring is 1. The van der Waals surface area contributed by atoms with Gasteiger partial charge in [-0.25, -0.2) is 4.98 Å². The number of nitrogens with two attached hydrogens (primary N) is 1. The van der Waals surface area contributed by atoms with E-state index in [1.54, 1.807) is 30.3 Å². The van der Waals surface area contributed by atoms with Crippen LogP contribution >= 0.6 is 0 Å². The lowest BCUT2D eigenvalue weighted by atomic mass is 10.1. The second-order valence-electron chi connectivity index (χ2n) is 3.96. The number of carbonyl (C=O) groups is 1. The van der Waals surface area contributed by atoms with Gasteiger partial charge in [0.25, 0.3) is 5.91 Å². The van der Waals surface area contributed by atoms with Crippen LogP contribution in [0.15, 0.2) is 36.5 Å². The largest absolute Gasteiger partial charge is 0.495 e. The molecule has 0 aliphatic heterocycles. The molecule has 0 aliphatic carbocycles. The second kappa shape index (κ2) is 5.92. The van der Waals surface area contributed by atoms with Gasteiger partial charge in [-0.05, 0) is 18.2 Å². The monoisotopic (exact) mass is 273 g/mol. The summed E-state index contributed by atoms with van der Waals surface area (Å²) in [5.74, 6) is 0.614. The van der Waals surface area contributed by atoms with Gasteiger partial charge in [0.2, 0.25) is 5.88 Å². The van der Waals surface area contributed by atoms with Crippen molar-refractivity contribution in [1.82, 2.24) is 4.98 Å². The first kappa shape index (κ1) is 13.7. The van der Waals surface area contributed by atoms with Crippen molar-refractivity contribution >= 4 is 17.3 Å². The highest BCUT2D eigenvalue weighted by molar-refractivity contribution is 6.08. The Kier molecular flexibility index (Phi) is 4.05. The molecular formula is C14H15N3O3. The second-order valence-corrected chi connectivity index (χ2v) is 3.96. The van der Waals surface area contributed by atoms with Gasteiger partial charge in [0.05, 0.1) is 37.4 Å². The number of hydrogen-bond donors (Lipinski definition) is 2. The number of benzene rings is 1. The topological polar surface area (TPSA) is 86.5 Å². The minimum Gasteiger partial charge on any atom is -0.495 e. The SMILES string of the molecule is COc1ccc(NC(=O)c2cccc(OC)c2N)cn1. The Bertz CT molecular complexity index is 612. The average Bonchev–Trinajstić information content (AvgIpc) is 2.48. The molecule has 0 saturated heterocycles. The number of amides is 1. The van der Waals surface area contributed by atoms with Crippen LogP contribution in [0.3, 0.4) is 0 Å². The maximum atomic E-state index is 12.2. The zero-order chi connectivity index (χ0) is 14.5. The molecule has 1 heterocycles. The zero-order valence-corrected chi connectivity index (χ0v) is 11.2. The van der Waals surface area contributed by atoms with Gasteiger partial charge in [0.15, 0.2) is 0 Å². The number of nitrogens with zero attached hydrogens (tertiary/aromatic N) is 1. The van der Waals surface area contributed by atoms with Crippen molar-refractivity contribution in [2.45, 2.75) is 0 Å². The number of anilines is 2. The molecule has 0 aliphatic rings. The van der Waals surface area contributed by atoms with E-state index >= 15 is 0 Å². The third-order valence-corrected chi connectivity index (χ3v) is 2.73. The zero-order valence-electron chi connectivity index (χ0n) is 11.2. The fraction of sp³-hybridized carbons (Fsp3) is 0.143. The van der Waals surface area contributed by atoms with Crippen molar-refractivity contribution in [3.05, 3.63) is 42.1 Å². The van der Waals surface area contributed by atoms with E-state index in [1.807, 2.05) is 0 Å². The van der Waals surface area contributed by atoms with Crippen molar-refractivity contribution in [3.8, 4) is 11.6 Å². The first-order valence-corrected chi connectivity index (χ1v) is 5.89. The summed E-state index contributed by atoms with van der Waals surface area (Å²) in [4.78, 5) is 16.2. The van der Waals surface area contributed by atoms with Gasteiger partial charge in [-0.2, -0.15) is 0 Å². The lowest BCUT2D eigenvalue weighted by Gasteiger charge is -2.10. The molecule has 3 N–H and O–H groups in total. The fourth-order valence-electron chi connectivity index (χ4n) is 1.69. The molecule has 0 atom stereocenters. The summed E-state index contributed by atoms with van der Waals surface area (Å²) >= 11 is 0. The smallest absolute Gasteiger partial charge is 0.257 e. The van der Waals surface area contributed by atoms with Crippen LogP contribution in [0.2, 0.25) is 0 Å². The van der Waals surface area contributed by atoms with Crippen LogP contribution in [0, 0.1) is 0 Å². The number of para-hydroxylation sites is 1. The van der Waals surface area contributed by atoms with Gasteiger partial charge in [-0.15, -0.1) is 0 Å². The van der Waals surface area contributed by atoms with Crippen LogP contribution in [0.1, 0.15) is 10.4 Å². The van der Waals surface area contributed by atoms with E-state index in [1.165, 1.54) is 20.4 Å². The molecule has 0 unspecified atom stereocenters. The van der Waals surface area contributed by atoms with Gasteiger partial charge in [0.1, 0.15) is 5.75 Å². The summed E-state index contributed by atoms with van der Waals surface area (Å²) in [7, 11) is 3.03. The highest BCUT2D eigenvalue weighted by Crippen LogP contribution is 2.25. The molecule has 1 aromatic heterocycles. The van der Waals surface area contributed by atoms with Crippen LogP contribution in [0.4, 0.5) is 11.4 Å². The Morgan fingerprint density at radius 1 is 1.20 bits per heavy atom. The molecule has 0 bridgehead atoms. The van der Waals surface area contributed by atoms with Crippen LogP contribution in [-0.4, -0.2) is 25.1 Å². The van der Waals surface area contributed by atoms with E-state index in [2.05, 4.69) is 10.3 Å². The number of rotatable bonds is 4. The molecule has 1 aromatic carbocycles. The van der Waals surface area contributed by atoms with Crippen LogP contribution < -0.4 is 20.5 Å². The Labute approximate surface area is 116 Å². The third-order valence-electron chi connectivity index (χ3n) is 2.73. The maximum absolute atomic E-state index is 12.2. The van der Waals surface area contributed by atoms with Gasteiger partial charge in [-0.3, -0.25) is 4.79 Å². The minimum absolute atomic E-state index is 0.300. The molecule has 0 fully saturated rings. The standard InChI is InChI=1S/C14H15N3O3/c1-19-11-5-3-4-10(13(11)15)14(18)17-9-6-7-12(20-2)16-8-9/h3-8H,15H2,1-2H3,(H,17,18). The van der Waals surface area contributed by atoms with E-state index in [0.29, 0.717) is 28.6 Å². The third kappa shape index (κ3) is 2.80. The average molecular weight is 273 g/mol. The summed E-state index contributed by atoms with van der Waals surface area (Å²) in [6.45, 7) is 0. The molecular weight excluding hydrogens is 258 g/mol. The highest BCUT2D eigenvalue weighted by Gasteiger charge is 2.13. The predicted octanol–water partition coefficient (Wildman–Crippen LogP) is 1.93. The first-order chi connectivity index (χ1) is 9.65. The summed E-state index contributed by atoms with van der Waals surface area (Å²) in [6.07, 6.45) is 1.51. The minimum atomic E-state index is -0.326. The fourth-order valence-corrected chi connectivity index (χ4v) is 1.69. The summed E-state index contributed by atoms with van der Waals surface area (Å²) in [5, 5.41) is 2.71. The number of ether oxygens (including phenoxy) is 2. The van der Waals surface area contributed by atoms with E-state index in [0.717, 1.165) is 0 Å². The molecule has 1 amide bonds. The lowest BCUT2D eigenvalue weighted by molar-refractivity contribution is 0.102. The van der Waals surface area contributed by atoms with E-state index in [-0.39, 0.29) is 5.91 Å². The van der Waals surface area contributed by atoms with Gasteiger partial charge >= 0.3 is 0 Å². The highest BCUT2D eigenvalue weighted by atomic mass is 16.5. The molecule has 0 spiro atoms. The van der Waals surface area contributed by atoms with Crippen LogP contribution in [0.25, 0.3) is 0 Å². The molecule has 2 aromatic rings. The van der Waals surface area contributed by atoms with Crippen molar-refractivity contribution in [1.29, 1.82) is 0 Å². The van der Waals surface area contributed by atoms with Gasteiger partial charge in [-0.1, -0.05) is 6.07 Å². The Morgan fingerprint density at radius 3 is 2.60 bits per heavy atom. The molecule has 0 radical (unpaired) electrons. The lowest BCUT2D eigenvalue weighted by Crippen LogP contribution is -2.14. The molecule has 6 heteroatoms. The van der Waals surface area contributed by atoms with E-state index in [9.17, 15) is 4.79 Å². The normalized spacial score (nSPS) is 9.90. The van der Waals surface area contributed by atoms with Crippen molar-refractivity contribution in [2.24, 2.45) is 0 Å². The maximum Gasteiger partial charge on any atom is 0.257 e. The number of hydrogen-bond acceptors (Lipinski definition) is 5. The van der Waals surface area contributed by atoms with Gasteiger partial charge in [0, 0.05) is 6.07 Å². The predicted molar refractivity (Wildman–Crippen MR) is 76.1 cm³/mol. The molecule has 104 valence electrons. The number of nitrogens with one attached hydrogen (secondary N) is 1. The van der Waals surface area contributed by atoms with Crippen LogP contribution in [-0.2, 0) is 0 Å². The summed E-state index contributed by atoms with van der Waals surface area (Å²) < 4.78 is 10.0. The molecule has 6 nitrogen and oxygen atoms in total. The van der Waals surface area contributed by atoms with Crippen molar-refractivity contribution in [2.75, 3.05) is 25.3 Å². The van der Waals surface area contributed by atoms with E-state index in [4.69, 9.17) is 15.2 Å². The van der Waals surface area contributed by atoms with Crippen molar-refractivity contribution in [3.63, 3.8) is 0 Å². The quantitative estimate of drug-likeness (QED) is 0.831. The number of pyridine rings is 1. The Balaban J connectivity index is 2.19. The van der Waals surface area contributed by atoms with Gasteiger partial charge < -0.3 is 20.5 Å². The summed E-state index contributed by atoms with van der Waals surface area (Å²) in [6, 6.07) is 8.38. The van der Waals surface area contributed by atoms with E-state index < -0.39 is 0 Å².